The van der Waals surface area contributed by atoms with E-state index in [0.29, 0.717) is 52.8 Å². The number of nitrogens with one attached hydrogen (secondary N) is 1. The third-order valence-electron chi connectivity index (χ3n) is 4.31. The molecule has 1 aromatic carbocycles. The number of carbonyl (C=O) groups excluding carboxylic acids is 1. The number of nitrogens with zero attached hydrogens (tertiary/aromatic N) is 3. The second-order valence-corrected chi connectivity index (χ2v) is 6.57. The summed E-state index contributed by atoms with van der Waals surface area (Å²) in [5.41, 5.74) is 2.41. The van der Waals surface area contributed by atoms with E-state index < -0.39 is 0 Å². The molecule has 0 atom stereocenters. The van der Waals surface area contributed by atoms with Crippen LogP contribution in [0.25, 0.3) is 16.7 Å². The highest BCUT2D eigenvalue weighted by molar-refractivity contribution is 6.38. The molecule has 2 aromatic heterocycles. The summed E-state index contributed by atoms with van der Waals surface area (Å²) in [7, 11) is 1.61. The molecule has 0 saturated carbocycles. The van der Waals surface area contributed by atoms with Crippen molar-refractivity contribution in [2.24, 2.45) is 0 Å². The maximum Gasteiger partial charge on any atom is 0.254 e. The first kappa shape index (κ1) is 20.1. The molecule has 148 valence electrons. The van der Waals surface area contributed by atoms with E-state index in [9.17, 15) is 4.79 Å². The lowest BCUT2D eigenvalue weighted by Gasteiger charge is -2.08. The first-order valence-corrected chi connectivity index (χ1v) is 9.48. The summed E-state index contributed by atoms with van der Waals surface area (Å²) in [6, 6.07) is 7.50. The van der Waals surface area contributed by atoms with Crippen LogP contribution in [0, 0.1) is 6.92 Å². The molecule has 0 aliphatic carbocycles. The zero-order chi connectivity index (χ0) is 20.1. The lowest BCUT2D eigenvalue weighted by molar-refractivity contribution is 0.0944. The van der Waals surface area contributed by atoms with Gasteiger partial charge in [-0.3, -0.25) is 4.79 Å². The van der Waals surface area contributed by atoms with Crippen LogP contribution in [0.2, 0.25) is 5.02 Å². The molecule has 0 saturated heterocycles. The van der Waals surface area contributed by atoms with E-state index in [1.807, 2.05) is 38.1 Å². The molecule has 3 aromatic rings. The molecule has 0 fully saturated rings. The molecule has 2 heterocycles. The second-order valence-electron chi connectivity index (χ2n) is 6.19. The number of fused-ring (bicyclic) bond motifs is 1. The number of carbonyl (C=O) groups is 1. The number of halogens is 1. The Kier molecular flexibility index (Phi) is 6.49. The summed E-state index contributed by atoms with van der Waals surface area (Å²) in [6.45, 7) is 5.56. The van der Waals surface area contributed by atoms with Crippen molar-refractivity contribution in [2.45, 2.75) is 20.3 Å². The minimum atomic E-state index is -0.260. The van der Waals surface area contributed by atoms with Gasteiger partial charge in [0.1, 0.15) is 5.75 Å². The number of pyridine rings is 1. The van der Waals surface area contributed by atoms with Gasteiger partial charge < -0.3 is 14.8 Å². The van der Waals surface area contributed by atoms with Crippen molar-refractivity contribution in [3.8, 4) is 11.4 Å². The number of amides is 1. The van der Waals surface area contributed by atoms with Crippen molar-refractivity contribution in [2.75, 3.05) is 26.9 Å². The van der Waals surface area contributed by atoms with Gasteiger partial charge in [-0.05, 0) is 32.4 Å². The number of aryl methyl sites for hydroxylation is 1. The van der Waals surface area contributed by atoms with Gasteiger partial charge in [0.05, 0.1) is 34.5 Å². The molecule has 7 nitrogen and oxygen atoms in total. The number of ether oxygens (including phenoxy) is 2. The van der Waals surface area contributed by atoms with Gasteiger partial charge in [0.2, 0.25) is 0 Å². The fourth-order valence-corrected chi connectivity index (χ4v) is 3.26. The van der Waals surface area contributed by atoms with E-state index in [2.05, 4.69) is 15.4 Å². The van der Waals surface area contributed by atoms with E-state index >= 15 is 0 Å². The smallest absolute Gasteiger partial charge is 0.254 e. The zero-order valence-corrected chi connectivity index (χ0v) is 16.9. The largest absolute Gasteiger partial charge is 0.497 e. The molecule has 8 heteroatoms. The van der Waals surface area contributed by atoms with Crippen LogP contribution in [0.1, 0.15) is 29.4 Å². The minimum absolute atomic E-state index is 0.260. The van der Waals surface area contributed by atoms with Gasteiger partial charge in [0.15, 0.2) is 5.65 Å². The van der Waals surface area contributed by atoms with Gasteiger partial charge in [0.25, 0.3) is 5.91 Å². The molecular weight excluding hydrogens is 380 g/mol. The minimum Gasteiger partial charge on any atom is -0.497 e. The normalized spacial score (nSPS) is 11.0. The lowest BCUT2D eigenvalue weighted by atomic mass is 10.2. The van der Waals surface area contributed by atoms with Gasteiger partial charge in [-0.1, -0.05) is 17.7 Å². The van der Waals surface area contributed by atoms with Crippen molar-refractivity contribution in [3.05, 3.63) is 46.7 Å². The van der Waals surface area contributed by atoms with Crippen LogP contribution in [-0.2, 0) is 4.74 Å². The first-order valence-electron chi connectivity index (χ1n) is 9.11. The van der Waals surface area contributed by atoms with Crippen LogP contribution in [0.3, 0.4) is 0 Å². The summed E-state index contributed by atoms with van der Waals surface area (Å²) in [5.74, 6) is 0.456. The molecular formula is C20H23ClN4O3. The number of rotatable bonds is 8. The molecule has 0 bridgehead atoms. The lowest BCUT2D eigenvalue weighted by Crippen LogP contribution is -2.25. The number of aromatic nitrogens is 3. The predicted molar refractivity (Wildman–Crippen MR) is 109 cm³/mol. The maximum absolute atomic E-state index is 12.5. The molecule has 0 aliphatic heterocycles. The SMILES string of the molecule is CCOCCCNC(=O)c1cnc2c(c(C)nn2-c2cccc(OC)c2)c1Cl. The van der Waals surface area contributed by atoms with Crippen LogP contribution in [0.15, 0.2) is 30.5 Å². The quantitative estimate of drug-likeness (QED) is 0.583. The van der Waals surface area contributed by atoms with Gasteiger partial charge in [-0.25, -0.2) is 9.67 Å². The standard InChI is InChI=1S/C20H23ClN4O3/c1-4-28-10-6-9-22-20(26)16-12-23-19-17(18(16)21)13(2)24-25(19)14-7-5-8-15(11-14)27-3/h5,7-8,11-12H,4,6,9-10H2,1-3H3,(H,22,26). The van der Waals surface area contributed by atoms with Crippen LogP contribution >= 0.6 is 11.6 Å². The fourth-order valence-electron chi connectivity index (χ4n) is 2.90. The number of benzene rings is 1. The van der Waals surface area contributed by atoms with Crippen molar-refractivity contribution < 1.29 is 14.3 Å². The van der Waals surface area contributed by atoms with E-state index in [4.69, 9.17) is 21.1 Å². The Morgan fingerprint density at radius 2 is 2.18 bits per heavy atom. The fraction of sp³-hybridized carbons (Fsp3) is 0.350. The molecule has 0 radical (unpaired) electrons. The van der Waals surface area contributed by atoms with Gasteiger partial charge in [0, 0.05) is 32.0 Å². The summed E-state index contributed by atoms with van der Waals surface area (Å²) in [5, 5.41) is 8.41. The number of hydrogen-bond acceptors (Lipinski definition) is 5. The Bertz CT molecular complexity index is 987. The van der Waals surface area contributed by atoms with Crippen molar-refractivity contribution in [1.82, 2.24) is 20.1 Å². The maximum atomic E-state index is 12.5. The molecule has 0 spiro atoms. The molecule has 1 amide bonds. The highest BCUT2D eigenvalue weighted by Crippen LogP contribution is 2.30. The van der Waals surface area contributed by atoms with E-state index in [-0.39, 0.29) is 5.91 Å². The molecule has 0 aliphatic rings. The number of methoxy groups -OCH3 is 1. The second kappa shape index (κ2) is 9.03. The predicted octanol–water partition coefficient (Wildman–Crippen LogP) is 3.55. The Balaban J connectivity index is 1.90. The third kappa shape index (κ3) is 4.10. The molecule has 1 N–H and O–H groups in total. The monoisotopic (exact) mass is 402 g/mol. The highest BCUT2D eigenvalue weighted by Gasteiger charge is 2.20. The average molecular weight is 403 g/mol. The highest BCUT2D eigenvalue weighted by atomic mass is 35.5. The van der Waals surface area contributed by atoms with Gasteiger partial charge >= 0.3 is 0 Å². The topological polar surface area (TPSA) is 78.3 Å². The van der Waals surface area contributed by atoms with Crippen LogP contribution in [0.5, 0.6) is 5.75 Å². The summed E-state index contributed by atoms with van der Waals surface area (Å²) in [6.07, 6.45) is 2.22. The average Bonchev–Trinajstić information content (AvgIpc) is 3.05. The van der Waals surface area contributed by atoms with E-state index in [0.717, 1.165) is 12.1 Å². The third-order valence-corrected chi connectivity index (χ3v) is 4.70. The van der Waals surface area contributed by atoms with E-state index in [1.165, 1.54) is 6.20 Å². The van der Waals surface area contributed by atoms with Crippen molar-refractivity contribution in [1.29, 1.82) is 0 Å². The summed E-state index contributed by atoms with van der Waals surface area (Å²) >= 11 is 6.56. The Morgan fingerprint density at radius 3 is 2.93 bits per heavy atom. The molecule has 0 unspecified atom stereocenters. The summed E-state index contributed by atoms with van der Waals surface area (Å²) in [4.78, 5) is 17.0. The van der Waals surface area contributed by atoms with Crippen LogP contribution < -0.4 is 10.1 Å². The zero-order valence-electron chi connectivity index (χ0n) is 16.2. The summed E-state index contributed by atoms with van der Waals surface area (Å²) < 4.78 is 12.2. The van der Waals surface area contributed by atoms with Gasteiger partial charge in [-0.15, -0.1) is 0 Å². The van der Waals surface area contributed by atoms with Crippen LogP contribution in [-0.4, -0.2) is 47.5 Å². The van der Waals surface area contributed by atoms with Gasteiger partial charge in [-0.2, -0.15) is 5.10 Å². The first-order chi connectivity index (χ1) is 13.6. The van der Waals surface area contributed by atoms with E-state index in [1.54, 1.807) is 11.8 Å². The van der Waals surface area contributed by atoms with Crippen molar-refractivity contribution >= 4 is 28.5 Å². The molecule has 28 heavy (non-hydrogen) atoms. The van der Waals surface area contributed by atoms with Crippen molar-refractivity contribution in [3.63, 3.8) is 0 Å². The Morgan fingerprint density at radius 1 is 1.36 bits per heavy atom. The Labute approximate surface area is 168 Å². The number of hydrogen-bond donors (Lipinski definition) is 1. The Hall–Kier alpha value is -2.64. The molecule has 3 rings (SSSR count). The van der Waals surface area contributed by atoms with Crippen LogP contribution in [0.4, 0.5) is 0 Å².